The molecular formula is C19H16Br3N3O4. The molecule has 2 aromatic carbocycles. The monoisotopic (exact) mass is 587 g/mol. The van der Waals surface area contributed by atoms with Gasteiger partial charge in [0.05, 0.1) is 17.1 Å². The number of amides is 1. The van der Waals surface area contributed by atoms with E-state index in [0.29, 0.717) is 21.4 Å². The highest BCUT2D eigenvalue weighted by molar-refractivity contribution is 9.11. The molecule has 0 aliphatic heterocycles. The average molecular weight is 590 g/mol. The van der Waals surface area contributed by atoms with Gasteiger partial charge >= 0.3 is 5.91 Å². The summed E-state index contributed by atoms with van der Waals surface area (Å²) in [6.07, 6.45) is 0. The number of hydrogen-bond donors (Lipinski definition) is 1. The largest absolute Gasteiger partial charge is 0.493 e. The van der Waals surface area contributed by atoms with E-state index in [-0.39, 0.29) is 18.2 Å². The molecule has 0 fully saturated rings. The van der Waals surface area contributed by atoms with Crippen molar-refractivity contribution in [2.24, 2.45) is 17.3 Å². The Balaban J connectivity index is 1.83. The van der Waals surface area contributed by atoms with E-state index in [1.54, 1.807) is 23.7 Å². The van der Waals surface area contributed by atoms with Gasteiger partial charge in [-0.15, -0.1) is 10.2 Å². The summed E-state index contributed by atoms with van der Waals surface area (Å²) in [7, 11) is 3.23. The van der Waals surface area contributed by atoms with Crippen LogP contribution in [-0.2, 0) is 11.8 Å². The Morgan fingerprint density at radius 3 is 2.55 bits per heavy atom. The number of rotatable bonds is 5. The van der Waals surface area contributed by atoms with Crippen LogP contribution in [-0.4, -0.2) is 29.3 Å². The van der Waals surface area contributed by atoms with Crippen molar-refractivity contribution < 1.29 is 19.4 Å². The first-order valence-electron chi connectivity index (χ1n) is 8.30. The van der Waals surface area contributed by atoms with Gasteiger partial charge in [0.1, 0.15) is 0 Å². The minimum absolute atomic E-state index is 0.0732. The molecular weight excluding hydrogens is 574 g/mol. The van der Waals surface area contributed by atoms with Crippen molar-refractivity contribution in [3.8, 4) is 17.4 Å². The third kappa shape index (κ3) is 4.49. The molecule has 0 spiro atoms. The molecule has 29 heavy (non-hydrogen) atoms. The number of halogens is 3. The van der Waals surface area contributed by atoms with E-state index >= 15 is 0 Å². The van der Waals surface area contributed by atoms with Gasteiger partial charge < -0.3 is 19.1 Å². The maximum absolute atomic E-state index is 12.2. The van der Waals surface area contributed by atoms with E-state index in [4.69, 9.17) is 9.47 Å². The zero-order chi connectivity index (χ0) is 21.3. The van der Waals surface area contributed by atoms with Crippen LogP contribution in [0.4, 0.5) is 5.69 Å². The Kier molecular flexibility index (Phi) is 6.65. The lowest BCUT2D eigenvalue weighted by Gasteiger charge is -2.11. The molecule has 0 saturated heterocycles. The third-order valence-electron chi connectivity index (χ3n) is 4.18. The van der Waals surface area contributed by atoms with Crippen LogP contribution in [0.25, 0.3) is 10.9 Å². The number of aromatic nitrogens is 1. The number of azo groups is 1. The molecule has 152 valence electrons. The Bertz CT molecular complexity index is 1140. The van der Waals surface area contributed by atoms with Crippen molar-refractivity contribution in [1.29, 1.82) is 0 Å². The standard InChI is InChI=1S/C19H16Br3N3O4/c1-9-4-10(20)5-12-16(19(27)25(2)17(9)12)24-23-15(26)8-29-18-13(22)6-11(21)7-14(18)28-3/h4-7,27H,8H2,1-3H3. The number of aromatic hydroxyl groups is 1. The quantitative estimate of drug-likeness (QED) is 0.360. The molecule has 1 heterocycles. The summed E-state index contributed by atoms with van der Waals surface area (Å²) in [6, 6.07) is 7.25. The summed E-state index contributed by atoms with van der Waals surface area (Å²) in [6.45, 7) is 1.59. The third-order valence-corrected chi connectivity index (χ3v) is 5.69. The van der Waals surface area contributed by atoms with Crippen LogP contribution in [0.2, 0.25) is 0 Å². The highest BCUT2D eigenvalue weighted by atomic mass is 79.9. The zero-order valence-corrected chi connectivity index (χ0v) is 20.4. The first kappa shape index (κ1) is 21.8. The van der Waals surface area contributed by atoms with Gasteiger partial charge in [0.15, 0.2) is 23.8 Å². The van der Waals surface area contributed by atoms with Gasteiger partial charge in [-0.2, -0.15) is 0 Å². The number of carbonyl (C=O) groups is 1. The highest BCUT2D eigenvalue weighted by Crippen LogP contribution is 2.41. The van der Waals surface area contributed by atoms with Crippen molar-refractivity contribution >= 4 is 70.3 Å². The van der Waals surface area contributed by atoms with Gasteiger partial charge in [-0.05, 0) is 52.7 Å². The predicted octanol–water partition coefficient (Wildman–Crippen LogP) is 6.18. The molecule has 0 atom stereocenters. The smallest absolute Gasteiger partial charge is 0.302 e. The first-order valence-corrected chi connectivity index (χ1v) is 10.7. The summed E-state index contributed by atoms with van der Waals surface area (Å²) in [5.74, 6) is 0.163. The van der Waals surface area contributed by atoms with Crippen LogP contribution in [0.1, 0.15) is 5.56 Å². The molecule has 0 saturated carbocycles. The van der Waals surface area contributed by atoms with Gasteiger partial charge in [-0.1, -0.05) is 31.9 Å². The summed E-state index contributed by atoms with van der Waals surface area (Å²) >= 11 is 10.2. The topological polar surface area (TPSA) is 85.4 Å². The van der Waals surface area contributed by atoms with Crippen LogP contribution in [0.5, 0.6) is 17.4 Å². The summed E-state index contributed by atoms with van der Waals surface area (Å²) in [4.78, 5) is 12.2. The number of nitrogens with zero attached hydrogens (tertiary/aromatic N) is 3. The number of methoxy groups -OCH3 is 1. The van der Waals surface area contributed by atoms with Gasteiger partial charge in [0, 0.05) is 21.4 Å². The molecule has 1 aromatic heterocycles. The molecule has 3 aromatic rings. The molecule has 10 heteroatoms. The second-order valence-corrected chi connectivity index (χ2v) is 8.84. The zero-order valence-electron chi connectivity index (χ0n) is 15.7. The number of hydrogen-bond acceptors (Lipinski definition) is 5. The van der Waals surface area contributed by atoms with Gasteiger partial charge in [-0.25, -0.2) is 0 Å². The Hall–Kier alpha value is -1.91. The van der Waals surface area contributed by atoms with Gasteiger partial charge in [-0.3, -0.25) is 4.79 Å². The molecule has 0 bridgehead atoms. The number of carbonyl (C=O) groups excluding carboxylic acids is 1. The Morgan fingerprint density at radius 2 is 1.86 bits per heavy atom. The fourth-order valence-electron chi connectivity index (χ4n) is 2.94. The fraction of sp³-hybridized carbons (Fsp3) is 0.211. The van der Waals surface area contributed by atoms with E-state index in [1.165, 1.54) is 7.11 Å². The van der Waals surface area contributed by atoms with Crippen molar-refractivity contribution in [2.75, 3.05) is 13.7 Å². The van der Waals surface area contributed by atoms with Crippen LogP contribution >= 0.6 is 47.8 Å². The summed E-state index contributed by atoms with van der Waals surface area (Å²) in [5.41, 5.74) is 1.99. The molecule has 7 nitrogen and oxygen atoms in total. The molecule has 0 radical (unpaired) electrons. The number of benzene rings is 2. The molecule has 1 amide bonds. The van der Waals surface area contributed by atoms with E-state index in [2.05, 4.69) is 58.0 Å². The fourth-order valence-corrected chi connectivity index (χ4v) is 4.81. The van der Waals surface area contributed by atoms with E-state index < -0.39 is 5.91 Å². The lowest BCUT2D eigenvalue weighted by atomic mass is 10.1. The van der Waals surface area contributed by atoms with Crippen molar-refractivity contribution in [3.63, 3.8) is 0 Å². The molecule has 0 unspecified atom stereocenters. The lowest BCUT2D eigenvalue weighted by Crippen LogP contribution is -2.09. The second kappa shape index (κ2) is 8.85. The Morgan fingerprint density at radius 1 is 1.17 bits per heavy atom. The van der Waals surface area contributed by atoms with E-state index in [0.717, 1.165) is 20.0 Å². The number of fused-ring (bicyclic) bond motifs is 1. The Labute approximate surface area is 192 Å². The van der Waals surface area contributed by atoms with Crippen LogP contribution < -0.4 is 9.47 Å². The molecule has 0 aliphatic rings. The number of aryl methyl sites for hydroxylation is 2. The lowest BCUT2D eigenvalue weighted by molar-refractivity contribution is -0.120. The van der Waals surface area contributed by atoms with Crippen LogP contribution in [0.3, 0.4) is 0 Å². The van der Waals surface area contributed by atoms with E-state index in [9.17, 15) is 9.90 Å². The molecule has 0 aliphatic carbocycles. The maximum atomic E-state index is 12.2. The highest BCUT2D eigenvalue weighted by Gasteiger charge is 2.18. The SMILES string of the molecule is COc1cc(Br)cc(Br)c1OCC(=O)N=Nc1c(O)n(C)c2c(C)cc(Br)cc12. The number of ether oxygens (including phenoxy) is 2. The maximum Gasteiger partial charge on any atom is 0.302 e. The second-order valence-electron chi connectivity index (χ2n) is 6.15. The van der Waals surface area contributed by atoms with Crippen molar-refractivity contribution in [3.05, 3.63) is 43.2 Å². The average Bonchev–Trinajstić information content (AvgIpc) is 2.89. The normalized spacial score (nSPS) is 11.4. The minimum Gasteiger partial charge on any atom is -0.493 e. The summed E-state index contributed by atoms with van der Waals surface area (Å²) < 4.78 is 14.7. The predicted molar refractivity (Wildman–Crippen MR) is 120 cm³/mol. The minimum atomic E-state index is -0.606. The van der Waals surface area contributed by atoms with Crippen LogP contribution in [0.15, 0.2) is 47.9 Å². The van der Waals surface area contributed by atoms with Crippen molar-refractivity contribution in [2.45, 2.75) is 6.92 Å². The van der Waals surface area contributed by atoms with Gasteiger partial charge in [0.25, 0.3) is 0 Å². The summed E-state index contributed by atoms with van der Waals surface area (Å²) in [5, 5.41) is 18.8. The van der Waals surface area contributed by atoms with E-state index in [1.807, 2.05) is 19.1 Å². The first-order chi connectivity index (χ1) is 13.7. The molecule has 1 N–H and O–H groups in total. The molecule has 3 rings (SSSR count). The van der Waals surface area contributed by atoms with Crippen molar-refractivity contribution in [1.82, 2.24) is 4.57 Å². The van der Waals surface area contributed by atoms with Gasteiger partial charge in [0.2, 0.25) is 5.88 Å². The van der Waals surface area contributed by atoms with Crippen LogP contribution in [0, 0.1) is 6.92 Å².